The molecule has 25 heavy (non-hydrogen) atoms. The van der Waals surface area contributed by atoms with E-state index in [-0.39, 0.29) is 34.6 Å². The van der Waals surface area contributed by atoms with Gasteiger partial charge in [0.05, 0.1) is 0 Å². The van der Waals surface area contributed by atoms with Gasteiger partial charge in [-0.05, 0) is 55.2 Å². The molecule has 4 heteroatoms. The van der Waals surface area contributed by atoms with Gasteiger partial charge in [-0.3, -0.25) is 14.4 Å². The molecule has 0 aliphatic heterocycles. The second-order valence-electron chi connectivity index (χ2n) is 8.56. The Morgan fingerprint density at radius 2 is 2.00 bits per heavy atom. The second-order valence-corrected chi connectivity index (χ2v) is 8.56. The van der Waals surface area contributed by atoms with Crippen molar-refractivity contribution in [2.75, 3.05) is 0 Å². The number of hydrogen-bond acceptors (Lipinski definition) is 4. The van der Waals surface area contributed by atoms with E-state index in [4.69, 9.17) is 0 Å². The van der Waals surface area contributed by atoms with Crippen LogP contribution in [0, 0.1) is 28.6 Å². The topological polar surface area (TPSA) is 71.4 Å². The highest BCUT2D eigenvalue weighted by molar-refractivity contribution is 6.01. The van der Waals surface area contributed by atoms with Gasteiger partial charge in [-0.25, -0.2) is 0 Å². The normalized spacial score (nSPS) is 44.6. The lowest BCUT2D eigenvalue weighted by Crippen LogP contribution is -2.53. The molecule has 5 atom stereocenters. The van der Waals surface area contributed by atoms with Crippen molar-refractivity contribution < 1.29 is 19.5 Å². The molecule has 4 aliphatic rings. The molecule has 3 saturated carbocycles. The summed E-state index contributed by atoms with van der Waals surface area (Å²) in [7, 11) is 0. The number of carbonyl (C=O) groups is 3. The van der Waals surface area contributed by atoms with Crippen LogP contribution >= 0.6 is 0 Å². The van der Waals surface area contributed by atoms with E-state index in [2.05, 4.69) is 6.92 Å². The van der Waals surface area contributed by atoms with Crippen molar-refractivity contribution >= 4 is 17.9 Å². The fourth-order valence-electron chi connectivity index (χ4n) is 6.34. The SMILES string of the molecule is C[C@]12C=CC(=O)C=C1CC[C@@H]1[C@@H]2C(=O)C[C@]2(C)/C(=C(\O)C=O)CC[C@@H]12. The van der Waals surface area contributed by atoms with E-state index in [1.807, 2.05) is 13.0 Å². The highest BCUT2D eigenvalue weighted by atomic mass is 16.3. The third kappa shape index (κ3) is 2.09. The average Bonchev–Trinajstić information content (AvgIpc) is 2.91. The van der Waals surface area contributed by atoms with Crippen LogP contribution in [-0.2, 0) is 14.4 Å². The predicted molar refractivity (Wildman–Crippen MR) is 92.7 cm³/mol. The van der Waals surface area contributed by atoms with Crippen molar-refractivity contribution in [3.63, 3.8) is 0 Å². The summed E-state index contributed by atoms with van der Waals surface area (Å²) in [6, 6.07) is 0. The number of ketones is 2. The minimum atomic E-state index is -0.408. The molecule has 0 aromatic heterocycles. The number of fused-ring (bicyclic) bond motifs is 5. The zero-order valence-electron chi connectivity index (χ0n) is 14.7. The van der Waals surface area contributed by atoms with E-state index < -0.39 is 5.41 Å². The lowest BCUT2D eigenvalue weighted by molar-refractivity contribution is -0.139. The molecule has 0 aromatic carbocycles. The van der Waals surface area contributed by atoms with Gasteiger partial charge in [0.2, 0.25) is 0 Å². The monoisotopic (exact) mass is 340 g/mol. The van der Waals surface area contributed by atoms with E-state index in [0.717, 1.165) is 30.4 Å². The van der Waals surface area contributed by atoms with Crippen molar-refractivity contribution in [2.45, 2.75) is 46.0 Å². The molecule has 4 aliphatic carbocycles. The molecule has 0 heterocycles. The number of Topliss-reactive ketones (excluding diaryl/α,β-unsaturated/α-hetero) is 1. The van der Waals surface area contributed by atoms with Crippen LogP contribution in [0.4, 0.5) is 0 Å². The molecule has 0 bridgehead atoms. The average molecular weight is 340 g/mol. The van der Waals surface area contributed by atoms with Crippen LogP contribution in [-0.4, -0.2) is 23.0 Å². The Kier molecular flexibility index (Phi) is 3.47. The van der Waals surface area contributed by atoms with Crippen molar-refractivity contribution in [3.05, 3.63) is 35.1 Å². The third-order valence-electron chi connectivity index (χ3n) is 7.46. The predicted octanol–water partition coefficient (Wildman–Crippen LogP) is 3.48. The van der Waals surface area contributed by atoms with Crippen LogP contribution in [0.2, 0.25) is 0 Å². The molecule has 4 nitrogen and oxygen atoms in total. The van der Waals surface area contributed by atoms with Crippen molar-refractivity contribution in [2.24, 2.45) is 28.6 Å². The highest BCUT2D eigenvalue weighted by Gasteiger charge is 2.60. The molecule has 3 fully saturated rings. The van der Waals surface area contributed by atoms with E-state index in [9.17, 15) is 19.5 Å². The third-order valence-corrected chi connectivity index (χ3v) is 7.46. The first-order chi connectivity index (χ1) is 11.8. The molecular formula is C21H24O4. The van der Waals surface area contributed by atoms with Gasteiger partial charge >= 0.3 is 0 Å². The number of aliphatic hydroxyl groups excluding tert-OH is 1. The first-order valence-electron chi connectivity index (χ1n) is 9.16. The van der Waals surface area contributed by atoms with Gasteiger partial charge < -0.3 is 5.11 Å². The Morgan fingerprint density at radius 1 is 1.24 bits per heavy atom. The summed E-state index contributed by atoms with van der Waals surface area (Å²) in [5, 5.41) is 10.1. The molecule has 0 spiro atoms. The highest BCUT2D eigenvalue weighted by Crippen LogP contribution is 2.64. The molecule has 4 rings (SSSR count). The van der Waals surface area contributed by atoms with Crippen molar-refractivity contribution in [1.82, 2.24) is 0 Å². The van der Waals surface area contributed by atoms with Crippen LogP contribution < -0.4 is 0 Å². The first-order valence-corrected chi connectivity index (χ1v) is 9.16. The summed E-state index contributed by atoms with van der Waals surface area (Å²) in [6.07, 6.45) is 9.48. The fraction of sp³-hybridized carbons (Fsp3) is 0.571. The summed E-state index contributed by atoms with van der Waals surface area (Å²) in [5.41, 5.74) is 1.08. The lowest BCUT2D eigenvalue weighted by Gasteiger charge is -2.55. The summed E-state index contributed by atoms with van der Waals surface area (Å²) < 4.78 is 0. The number of aliphatic hydroxyl groups is 1. The molecule has 132 valence electrons. The van der Waals surface area contributed by atoms with Crippen LogP contribution in [0.3, 0.4) is 0 Å². The minimum Gasteiger partial charge on any atom is -0.505 e. The molecule has 1 N–H and O–H groups in total. The zero-order valence-corrected chi connectivity index (χ0v) is 14.7. The second kappa shape index (κ2) is 5.26. The van der Waals surface area contributed by atoms with Gasteiger partial charge in [0, 0.05) is 23.2 Å². The van der Waals surface area contributed by atoms with Crippen LogP contribution in [0.15, 0.2) is 35.1 Å². The van der Waals surface area contributed by atoms with Crippen LogP contribution in [0.5, 0.6) is 0 Å². The molecule has 0 unspecified atom stereocenters. The summed E-state index contributed by atoms with van der Waals surface area (Å²) >= 11 is 0. The maximum atomic E-state index is 13.2. The van der Waals surface area contributed by atoms with Crippen molar-refractivity contribution in [3.8, 4) is 0 Å². The van der Waals surface area contributed by atoms with Gasteiger partial charge in [-0.1, -0.05) is 25.5 Å². The number of hydrogen-bond donors (Lipinski definition) is 1. The largest absolute Gasteiger partial charge is 0.505 e. The zero-order chi connectivity index (χ0) is 18.0. The summed E-state index contributed by atoms with van der Waals surface area (Å²) in [5.74, 6) is 0.476. The van der Waals surface area contributed by atoms with E-state index in [1.54, 1.807) is 12.2 Å². The Morgan fingerprint density at radius 3 is 2.72 bits per heavy atom. The molecule has 0 saturated heterocycles. The number of allylic oxidation sites excluding steroid dienone is 6. The van der Waals surface area contributed by atoms with Gasteiger partial charge in [-0.2, -0.15) is 0 Å². The Bertz CT molecular complexity index is 771. The van der Waals surface area contributed by atoms with E-state index >= 15 is 0 Å². The van der Waals surface area contributed by atoms with E-state index in [1.165, 1.54) is 0 Å². The summed E-state index contributed by atoms with van der Waals surface area (Å²) in [6.45, 7) is 4.13. The van der Waals surface area contributed by atoms with E-state index in [0.29, 0.717) is 25.0 Å². The minimum absolute atomic E-state index is 0.0148. The lowest BCUT2D eigenvalue weighted by atomic mass is 9.48. The Labute approximate surface area is 147 Å². The Hall–Kier alpha value is -1.97. The van der Waals surface area contributed by atoms with Gasteiger partial charge in [-0.15, -0.1) is 0 Å². The molecule has 0 aromatic rings. The maximum Gasteiger partial charge on any atom is 0.184 e. The Balaban J connectivity index is 1.78. The van der Waals surface area contributed by atoms with Gasteiger partial charge in [0.1, 0.15) is 5.78 Å². The summed E-state index contributed by atoms with van der Waals surface area (Å²) in [4.78, 5) is 36.1. The quantitative estimate of drug-likeness (QED) is 0.451. The smallest absolute Gasteiger partial charge is 0.184 e. The van der Waals surface area contributed by atoms with Crippen molar-refractivity contribution in [1.29, 1.82) is 0 Å². The molecule has 0 radical (unpaired) electrons. The number of aldehydes is 1. The molecule has 0 amide bonds. The molecular weight excluding hydrogens is 316 g/mol. The first kappa shape index (κ1) is 16.5. The van der Waals surface area contributed by atoms with Gasteiger partial charge in [0.15, 0.2) is 17.8 Å². The van der Waals surface area contributed by atoms with Crippen LogP contribution in [0.25, 0.3) is 0 Å². The maximum absolute atomic E-state index is 13.2. The fourth-order valence-corrected chi connectivity index (χ4v) is 6.34. The standard InChI is InChI=1S/C21H24O4/c1-20-8-7-13(23)9-12(20)3-4-14-15-5-6-16(18(25)11-22)21(15,2)10-17(24)19(14)20/h7-9,11,14-15,19,25H,3-6,10H2,1-2H3/b18-16-/t14-,15-,19+,20-,21-/m0/s1. The van der Waals surface area contributed by atoms with Crippen LogP contribution in [0.1, 0.15) is 46.0 Å². The number of rotatable bonds is 1. The van der Waals surface area contributed by atoms with Gasteiger partial charge in [0.25, 0.3) is 0 Å². The number of carbonyl (C=O) groups excluding carboxylic acids is 3.